The van der Waals surface area contributed by atoms with Crippen LogP contribution in [0.1, 0.15) is 46.1 Å². The molecule has 0 spiro atoms. The van der Waals surface area contributed by atoms with Crippen LogP contribution >= 0.6 is 0 Å². The van der Waals surface area contributed by atoms with Gasteiger partial charge in [-0.25, -0.2) is 4.90 Å². The van der Waals surface area contributed by atoms with Crippen LogP contribution in [0.3, 0.4) is 0 Å². The zero-order chi connectivity index (χ0) is 29.4. The maximum Gasteiger partial charge on any atom is 0.316 e. The monoisotopic (exact) mass is 568 g/mol. The lowest BCUT2D eigenvalue weighted by Crippen LogP contribution is -2.41. The number of hydrogen-bond donors (Lipinski definition) is 0. The van der Waals surface area contributed by atoms with E-state index in [1.807, 2.05) is 55.5 Å². The van der Waals surface area contributed by atoms with Crippen molar-refractivity contribution < 1.29 is 23.9 Å². The number of nitrogens with zero attached hydrogens (tertiary/aromatic N) is 2. The third kappa shape index (κ3) is 3.80. The Labute approximate surface area is 248 Å². The van der Waals surface area contributed by atoms with Gasteiger partial charge in [0.05, 0.1) is 23.4 Å². The summed E-state index contributed by atoms with van der Waals surface area (Å²) >= 11 is 0. The van der Waals surface area contributed by atoms with Gasteiger partial charge >= 0.3 is 5.97 Å². The topological polar surface area (TPSA) is 84.0 Å². The molecular weight excluding hydrogens is 540 g/mol. The quantitative estimate of drug-likeness (QED) is 0.188. The number of esters is 1. The highest BCUT2D eigenvalue weighted by Gasteiger charge is 2.61. The second-order valence-corrected chi connectivity index (χ2v) is 11.9. The summed E-state index contributed by atoms with van der Waals surface area (Å²) < 4.78 is 5.64. The van der Waals surface area contributed by atoms with Gasteiger partial charge in [0, 0.05) is 30.5 Å². The number of aryl methyl sites for hydroxylation is 1. The zero-order valence-corrected chi connectivity index (χ0v) is 23.5. The molecule has 43 heavy (non-hydrogen) atoms. The van der Waals surface area contributed by atoms with Crippen molar-refractivity contribution in [3.8, 4) is 5.75 Å². The normalized spacial score (nSPS) is 25.0. The van der Waals surface area contributed by atoms with E-state index in [4.69, 9.17) is 4.74 Å². The molecule has 3 amide bonds. The molecule has 2 aliphatic heterocycles. The molecule has 0 saturated carbocycles. The van der Waals surface area contributed by atoms with Gasteiger partial charge in [-0.1, -0.05) is 66.2 Å². The molecule has 4 aromatic carbocycles. The third-order valence-electron chi connectivity index (χ3n) is 9.57. The van der Waals surface area contributed by atoms with E-state index in [0.717, 1.165) is 33.5 Å². The fraction of sp³-hybridized carbons (Fsp3) is 0.222. The number of ether oxygens (including phenoxy) is 1. The Kier molecular flexibility index (Phi) is 5.66. The Hall–Kier alpha value is -5.04. The van der Waals surface area contributed by atoms with Gasteiger partial charge in [-0.15, -0.1) is 0 Å². The van der Waals surface area contributed by atoms with Crippen LogP contribution < -0.4 is 14.5 Å². The van der Waals surface area contributed by atoms with E-state index in [0.29, 0.717) is 11.4 Å². The summed E-state index contributed by atoms with van der Waals surface area (Å²) in [6.07, 6.45) is 0.0808. The lowest BCUT2D eigenvalue weighted by Gasteiger charge is -2.45. The van der Waals surface area contributed by atoms with Crippen molar-refractivity contribution in [1.82, 2.24) is 0 Å². The maximum absolute atomic E-state index is 14.0. The second kappa shape index (κ2) is 9.49. The van der Waals surface area contributed by atoms with Crippen LogP contribution in [0.15, 0.2) is 97.1 Å². The summed E-state index contributed by atoms with van der Waals surface area (Å²) in [4.78, 5) is 56.5. The number of hydrogen-bond acceptors (Lipinski definition) is 5. The van der Waals surface area contributed by atoms with E-state index in [9.17, 15) is 19.2 Å². The first-order chi connectivity index (χ1) is 20.9. The minimum Gasteiger partial charge on any atom is -0.426 e. The number of carbonyl (C=O) groups is 4. The molecule has 5 aliphatic rings. The summed E-state index contributed by atoms with van der Waals surface area (Å²) in [5.41, 5.74) is 6.82. The van der Waals surface area contributed by atoms with Crippen LogP contribution in [-0.2, 0) is 19.2 Å². The van der Waals surface area contributed by atoms with Crippen molar-refractivity contribution in [1.29, 1.82) is 0 Å². The molecule has 7 heteroatoms. The van der Waals surface area contributed by atoms with Gasteiger partial charge in [0.25, 0.3) is 0 Å². The second-order valence-electron chi connectivity index (χ2n) is 11.9. The first-order valence-electron chi connectivity index (χ1n) is 14.6. The van der Waals surface area contributed by atoms with Gasteiger partial charge in [-0.2, -0.15) is 0 Å². The minimum absolute atomic E-state index is 0.0808. The van der Waals surface area contributed by atoms with Crippen LogP contribution in [0, 0.1) is 24.7 Å². The van der Waals surface area contributed by atoms with Crippen LogP contribution in [0.25, 0.3) is 0 Å². The molecule has 2 heterocycles. The van der Waals surface area contributed by atoms with Crippen molar-refractivity contribution in [3.05, 3.63) is 125 Å². The van der Waals surface area contributed by atoms with Crippen LogP contribution in [0.4, 0.5) is 11.4 Å². The molecule has 3 atom stereocenters. The molecule has 4 aromatic rings. The summed E-state index contributed by atoms with van der Waals surface area (Å²) in [5.74, 6) is -2.54. The Balaban J connectivity index is 1.02. The molecule has 7 nitrogen and oxygen atoms in total. The lowest BCUT2D eigenvalue weighted by molar-refractivity contribution is -0.139. The zero-order valence-electron chi connectivity index (χ0n) is 23.5. The van der Waals surface area contributed by atoms with Gasteiger partial charge < -0.3 is 9.64 Å². The Morgan fingerprint density at radius 1 is 0.674 bits per heavy atom. The highest BCUT2D eigenvalue weighted by Crippen LogP contribution is 2.61. The van der Waals surface area contributed by atoms with E-state index in [1.54, 1.807) is 29.2 Å². The van der Waals surface area contributed by atoms with Gasteiger partial charge in [-0.05, 0) is 65.6 Å². The number of benzene rings is 4. The van der Waals surface area contributed by atoms with E-state index in [1.165, 1.54) is 4.90 Å². The van der Waals surface area contributed by atoms with Crippen molar-refractivity contribution in [2.75, 3.05) is 16.3 Å². The van der Waals surface area contributed by atoms with E-state index in [2.05, 4.69) is 24.3 Å². The molecular formula is C36H28N2O5. The molecule has 212 valence electrons. The summed E-state index contributed by atoms with van der Waals surface area (Å²) in [5, 5.41) is 0. The van der Waals surface area contributed by atoms with Gasteiger partial charge in [0.15, 0.2) is 0 Å². The number of amides is 3. The van der Waals surface area contributed by atoms with Crippen molar-refractivity contribution in [2.45, 2.75) is 25.2 Å². The van der Waals surface area contributed by atoms with Crippen LogP contribution in [0.5, 0.6) is 5.75 Å². The fourth-order valence-electron chi connectivity index (χ4n) is 7.63. The van der Waals surface area contributed by atoms with Crippen LogP contribution in [0.2, 0.25) is 0 Å². The minimum atomic E-state index is -0.586. The molecule has 2 saturated heterocycles. The van der Waals surface area contributed by atoms with Crippen molar-refractivity contribution >= 4 is 35.1 Å². The smallest absolute Gasteiger partial charge is 0.316 e. The van der Waals surface area contributed by atoms with Gasteiger partial charge in [-0.3, -0.25) is 19.2 Å². The molecule has 2 fully saturated rings. The van der Waals surface area contributed by atoms with Gasteiger partial charge in [0.1, 0.15) is 5.75 Å². The number of anilines is 2. The average molecular weight is 569 g/mol. The SMILES string of the molecule is Cc1ccc(N2C[C@H](C(=O)Oc3ccc(N4C(=O)[C@@H]5C6c7ccccc7C(c7ccccc76)[C@H]5C4=O)cc3)CC2=O)cc1. The summed E-state index contributed by atoms with van der Waals surface area (Å²) in [7, 11) is 0. The summed E-state index contributed by atoms with van der Waals surface area (Å²) in [6, 6.07) is 30.4. The Morgan fingerprint density at radius 2 is 1.16 bits per heavy atom. The number of rotatable bonds is 4. The van der Waals surface area contributed by atoms with Crippen LogP contribution in [-0.4, -0.2) is 30.2 Å². The molecule has 9 rings (SSSR count). The van der Waals surface area contributed by atoms with E-state index >= 15 is 0 Å². The summed E-state index contributed by atoms with van der Waals surface area (Å²) in [6.45, 7) is 2.23. The molecule has 0 radical (unpaired) electrons. The average Bonchev–Trinajstić information content (AvgIpc) is 3.55. The number of carbonyl (C=O) groups excluding carboxylic acids is 4. The predicted octanol–water partition coefficient (Wildman–Crippen LogP) is 5.35. The highest BCUT2D eigenvalue weighted by molar-refractivity contribution is 6.23. The van der Waals surface area contributed by atoms with Crippen molar-refractivity contribution in [2.24, 2.45) is 17.8 Å². The molecule has 0 N–H and O–H groups in total. The standard InChI is InChI=1S/C36H28N2O5/c1-20-10-12-22(13-11-20)37-19-21(18-29(37)39)36(42)43-24-16-14-23(15-17-24)38-34(40)32-30-25-6-2-3-7-26(25)31(33(32)35(38)41)28-9-5-4-8-27(28)30/h2-17,21,30-33H,18-19H2,1H3/t21-,30?,31?,32-,33-/m1/s1. The first-order valence-corrected chi connectivity index (χ1v) is 14.6. The van der Waals surface area contributed by atoms with E-state index < -0.39 is 23.7 Å². The molecule has 0 aromatic heterocycles. The van der Waals surface area contributed by atoms with E-state index in [-0.39, 0.29) is 42.5 Å². The van der Waals surface area contributed by atoms with Gasteiger partial charge in [0.2, 0.25) is 17.7 Å². The third-order valence-corrected chi connectivity index (χ3v) is 9.57. The predicted molar refractivity (Wildman–Crippen MR) is 160 cm³/mol. The first kappa shape index (κ1) is 25.7. The highest BCUT2D eigenvalue weighted by atomic mass is 16.5. The molecule has 0 unspecified atom stereocenters. The number of imide groups is 1. The van der Waals surface area contributed by atoms with Crippen molar-refractivity contribution in [3.63, 3.8) is 0 Å². The Bertz CT molecular complexity index is 1710. The fourth-order valence-corrected chi connectivity index (χ4v) is 7.63. The molecule has 3 aliphatic carbocycles. The Morgan fingerprint density at radius 3 is 1.67 bits per heavy atom. The largest absolute Gasteiger partial charge is 0.426 e. The molecule has 2 bridgehead atoms. The maximum atomic E-state index is 14.0. The lowest BCUT2D eigenvalue weighted by atomic mass is 9.55.